The summed E-state index contributed by atoms with van der Waals surface area (Å²) in [5.74, 6) is 0. The lowest BCUT2D eigenvalue weighted by atomic mass is 9.82. The number of hydrogen-bond acceptors (Lipinski definition) is 3. The highest BCUT2D eigenvalue weighted by atomic mass is 15.6. The van der Waals surface area contributed by atoms with Gasteiger partial charge in [0.05, 0.1) is 6.04 Å². The van der Waals surface area contributed by atoms with Crippen LogP contribution < -0.4 is 0 Å². The lowest BCUT2D eigenvalue weighted by Crippen LogP contribution is -2.32. The minimum atomic E-state index is 0.213. The zero-order valence-electron chi connectivity index (χ0n) is 9.23. The molecule has 0 aromatic heterocycles. The monoisotopic (exact) mass is 191 g/mol. The van der Waals surface area contributed by atoms with Crippen LogP contribution in [-0.4, -0.2) is 24.1 Å². The van der Waals surface area contributed by atoms with E-state index in [0.717, 1.165) is 0 Å². The molecular formula is C11H17N3. The van der Waals surface area contributed by atoms with Gasteiger partial charge in [-0.2, -0.15) is 5.11 Å². The number of rotatable bonds is 0. The molecule has 0 saturated carbocycles. The van der Waals surface area contributed by atoms with Crippen LogP contribution in [-0.2, 0) is 0 Å². The summed E-state index contributed by atoms with van der Waals surface area (Å²) in [5.41, 5.74) is 1.59. The second-order valence-electron chi connectivity index (χ2n) is 4.99. The summed E-state index contributed by atoms with van der Waals surface area (Å²) in [6.07, 6.45) is 6.61. The molecule has 0 radical (unpaired) electrons. The van der Waals surface area contributed by atoms with Crippen molar-refractivity contribution in [2.45, 2.75) is 32.9 Å². The third kappa shape index (κ3) is 1.47. The van der Waals surface area contributed by atoms with Crippen molar-refractivity contribution in [3.05, 3.63) is 23.8 Å². The minimum Gasteiger partial charge on any atom is -0.272 e. The van der Waals surface area contributed by atoms with Crippen LogP contribution in [0.25, 0.3) is 0 Å². The molecule has 1 aliphatic carbocycles. The van der Waals surface area contributed by atoms with Gasteiger partial charge in [-0.1, -0.05) is 44.2 Å². The Morgan fingerprint density at radius 1 is 1.36 bits per heavy atom. The van der Waals surface area contributed by atoms with Crippen molar-refractivity contribution in [2.24, 2.45) is 15.8 Å². The molecule has 14 heavy (non-hydrogen) atoms. The SMILES string of the molecule is CN1N=NC2C=CC(C(C)(C)C)=CC21. The fourth-order valence-corrected chi connectivity index (χ4v) is 1.79. The van der Waals surface area contributed by atoms with Crippen molar-refractivity contribution < 1.29 is 0 Å². The summed E-state index contributed by atoms with van der Waals surface area (Å²) < 4.78 is 0. The Balaban J connectivity index is 2.26. The van der Waals surface area contributed by atoms with Crippen molar-refractivity contribution in [2.75, 3.05) is 7.05 Å². The van der Waals surface area contributed by atoms with E-state index in [4.69, 9.17) is 0 Å². The Kier molecular flexibility index (Phi) is 1.98. The summed E-state index contributed by atoms with van der Waals surface area (Å²) in [4.78, 5) is 0. The molecule has 0 spiro atoms. The maximum absolute atomic E-state index is 4.17. The average Bonchev–Trinajstić information content (AvgIpc) is 2.46. The first kappa shape index (κ1) is 9.44. The summed E-state index contributed by atoms with van der Waals surface area (Å²) >= 11 is 0. The van der Waals surface area contributed by atoms with E-state index in [0.29, 0.717) is 6.04 Å². The van der Waals surface area contributed by atoms with Crippen LogP contribution in [0.5, 0.6) is 0 Å². The normalized spacial score (nSPS) is 30.6. The van der Waals surface area contributed by atoms with Crippen LogP contribution in [0.1, 0.15) is 20.8 Å². The first-order valence-electron chi connectivity index (χ1n) is 5.02. The second kappa shape index (κ2) is 2.94. The van der Waals surface area contributed by atoms with Gasteiger partial charge in [-0.25, -0.2) is 0 Å². The Morgan fingerprint density at radius 3 is 2.71 bits per heavy atom. The molecular weight excluding hydrogens is 174 g/mol. The molecule has 2 rings (SSSR count). The molecule has 0 fully saturated rings. The van der Waals surface area contributed by atoms with Gasteiger partial charge in [0.25, 0.3) is 0 Å². The van der Waals surface area contributed by atoms with Crippen LogP contribution in [0.2, 0.25) is 0 Å². The van der Waals surface area contributed by atoms with E-state index in [2.05, 4.69) is 49.3 Å². The lowest BCUT2D eigenvalue weighted by molar-refractivity contribution is 0.319. The van der Waals surface area contributed by atoms with Crippen LogP contribution in [0.15, 0.2) is 34.1 Å². The van der Waals surface area contributed by atoms with Gasteiger partial charge in [-0.05, 0) is 11.0 Å². The van der Waals surface area contributed by atoms with Crippen LogP contribution in [0.4, 0.5) is 0 Å². The van der Waals surface area contributed by atoms with Gasteiger partial charge < -0.3 is 0 Å². The molecule has 76 valence electrons. The van der Waals surface area contributed by atoms with Crippen LogP contribution in [0, 0.1) is 5.41 Å². The van der Waals surface area contributed by atoms with Crippen molar-refractivity contribution in [3.63, 3.8) is 0 Å². The molecule has 0 saturated heterocycles. The van der Waals surface area contributed by atoms with Gasteiger partial charge in [0.15, 0.2) is 0 Å². The standard InChI is InChI=1S/C11H17N3/c1-11(2,3)8-5-6-9-10(7-8)14(4)13-12-9/h5-7,9-10H,1-4H3. The van der Waals surface area contributed by atoms with Crippen molar-refractivity contribution in [1.82, 2.24) is 5.01 Å². The van der Waals surface area contributed by atoms with Crippen LogP contribution in [0.3, 0.4) is 0 Å². The number of fused-ring (bicyclic) bond motifs is 1. The Hall–Kier alpha value is -1.12. The Labute approximate surface area is 85.2 Å². The number of likely N-dealkylation sites (N-methyl/N-ethyl adjacent to an activating group) is 1. The smallest absolute Gasteiger partial charge is 0.117 e. The molecule has 0 aromatic rings. The fourth-order valence-electron chi connectivity index (χ4n) is 1.79. The fraction of sp³-hybridized carbons (Fsp3) is 0.636. The molecule has 2 atom stereocenters. The first-order chi connectivity index (χ1) is 6.48. The van der Waals surface area contributed by atoms with Gasteiger partial charge in [0.2, 0.25) is 0 Å². The first-order valence-corrected chi connectivity index (χ1v) is 5.02. The lowest BCUT2D eigenvalue weighted by Gasteiger charge is -2.28. The molecule has 1 heterocycles. The Bertz CT molecular complexity index is 320. The third-order valence-electron chi connectivity index (χ3n) is 2.80. The molecule has 0 N–H and O–H groups in total. The average molecular weight is 191 g/mol. The van der Waals surface area contributed by atoms with E-state index in [1.165, 1.54) is 5.57 Å². The summed E-state index contributed by atoms with van der Waals surface area (Å²) in [7, 11) is 1.98. The molecule has 0 aromatic carbocycles. The van der Waals surface area contributed by atoms with Gasteiger partial charge in [0.1, 0.15) is 6.04 Å². The van der Waals surface area contributed by atoms with Gasteiger partial charge in [-0.3, -0.25) is 5.01 Å². The van der Waals surface area contributed by atoms with E-state index < -0.39 is 0 Å². The molecule has 1 aliphatic heterocycles. The van der Waals surface area contributed by atoms with Crippen molar-refractivity contribution >= 4 is 0 Å². The zero-order valence-corrected chi connectivity index (χ0v) is 9.23. The second-order valence-corrected chi connectivity index (χ2v) is 4.99. The van der Waals surface area contributed by atoms with Crippen molar-refractivity contribution in [3.8, 4) is 0 Å². The summed E-state index contributed by atoms with van der Waals surface area (Å²) in [5, 5.41) is 10.2. The van der Waals surface area contributed by atoms with Crippen LogP contribution >= 0.6 is 0 Å². The zero-order chi connectivity index (χ0) is 10.3. The van der Waals surface area contributed by atoms with Gasteiger partial charge in [0, 0.05) is 7.05 Å². The molecule has 0 bridgehead atoms. The molecule has 2 aliphatic rings. The van der Waals surface area contributed by atoms with E-state index in [1.54, 1.807) is 0 Å². The quantitative estimate of drug-likeness (QED) is 0.578. The minimum absolute atomic E-state index is 0.213. The van der Waals surface area contributed by atoms with E-state index in [-0.39, 0.29) is 11.5 Å². The Morgan fingerprint density at radius 2 is 2.07 bits per heavy atom. The third-order valence-corrected chi connectivity index (χ3v) is 2.80. The highest BCUT2D eigenvalue weighted by Crippen LogP contribution is 2.33. The maximum Gasteiger partial charge on any atom is 0.117 e. The molecule has 2 unspecified atom stereocenters. The molecule has 3 heteroatoms. The highest BCUT2D eigenvalue weighted by Gasteiger charge is 2.31. The highest BCUT2D eigenvalue weighted by molar-refractivity contribution is 5.34. The van der Waals surface area contributed by atoms with Crippen molar-refractivity contribution in [1.29, 1.82) is 0 Å². The van der Waals surface area contributed by atoms with Gasteiger partial charge in [-0.15, -0.1) is 0 Å². The van der Waals surface area contributed by atoms with E-state index in [1.807, 2.05) is 12.1 Å². The predicted octanol–water partition coefficient (Wildman–Crippen LogP) is 2.58. The van der Waals surface area contributed by atoms with Gasteiger partial charge >= 0.3 is 0 Å². The maximum atomic E-state index is 4.17. The largest absolute Gasteiger partial charge is 0.272 e. The molecule has 0 amide bonds. The molecule has 3 nitrogen and oxygen atoms in total. The summed E-state index contributed by atoms with van der Waals surface area (Å²) in [6, 6.07) is 0.556. The number of allylic oxidation sites excluding steroid dienone is 2. The predicted molar refractivity (Wildman–Crippen MR) is 56.9 cm³/mol. The summed E-state index contributed by atoms with van der Waals surface area (Å²) in [6.45, 7) is 6.69. The van der Waals surface area contributed by atoms with E-state index >= 15 is 0 Å². The van der Waals surface area contributed by atoms with E-state index in [9.17, 15) is 0 Å². The number of hydrogen-bond donors (Lipinski definition) is 0. The number of nitrogens with zero attached hydrogens (tertiary/aromatic N) is 3. The topological polar surface area (TPSA) is 28.0 Å².